The number of rotatable bonds is 2. The highest BCUT2D eigenvalue weighted by molar-refractivity contribution is 6.67. The first-order valence-corrected chi connectivity index (χ1v) is 5.73. The lowest BCUT2D eigenvalue weighted by Gasteiger charge is -1.91. The van der Waals surface area contributed by atoms with Crippen LogP contribution in [0.5, 0.6) is 0 Å². The van der Waals surface area contributed by atoms with E-state index in [1.165, 1.54) is 24.5 Å². The van der Waals surface area contributed by atoms with E-state index in [2.05, 4.69) is 4.42 Å². The summed E-state index contributed by atoms with van der Waals surface area (Å²) >= 11 is 10.2. The molecule has 19 heavy (non-hydrogen) atoms. The number of nitrogens with zero attached hydrogens (tertiary/aromatic N) is 1. The smallest absolute Gasteiger partial charge is 0.287 e. The van der Waals surface area contributed by atoms with Crippen LogP contribution in [0.4, 0.5) is 0 Å². The average molecular weight is 296 g/mol. The molecule has 6 heteroatoms. The number of halogens is 2. The van der Waals surface area contributed by atoms with E-state index in [1.54, 1.807) is 18.2 Å². The quantitative estimate of drug-likeness (QED) is 0.794. The minimum absolute atomic E-state index is 0.187. The van der Waals surface area contributed by atoms with E-state index in [0.29, 0.717) is 11.1 Å². The molecule has 1 heterocycles. The summed E-state index contributed by atoms with van der Waals surface area (Å²) in [5.41, 5.74) is 0.928. The van der Waals surface area contributed by atoms with Crippen molar-refractivity contribution in [2.75, 3.05) is 0 Å². The molecule has 96 valence electrons. The Morgan fingerprint density at radius 1 is 1.05 bits per heavy atom. The molecule has 0 spiro atoms. The summed E-state index contributed by atoms with van der Waals surface area (Å²) in [5.74, 6) is 0.187. The molecule has 1 aromatic carbocycles. The first-order valence-electron chi connectivity index (χ1n) is 4.98. The second-order valence-electron chi connectivity index (χ2n) is 3.21. The van der Waals surface area contributed by atoms with Gasteiger partial charge in [0.25, 0.3) is 10.5 Å². The molecule has 0 unspecified atom stereocenters. The van der Waals surface area contributed by atoms with Gasteiger partial charge in [-0.15, -0.1) is 0 Å². The molecule has 2 rings (SSSR count). The molecule has 4 nitrogen and oxygen atoms in total. The molecule has 0 fully saturated rings. The fourth-order valence-corrected chi connectivity index (χ4v) is 1.30. The van der Waals surface area contributed by atoms with E-state index in [1.807, 2.05) is 6.07 Å². The van der Waals surface area contributed by atoms with Crippen LogP contribution in [0, 0.1) is 11.3 Å². The van der Waals surface area contributed by atoms with Gasteiger partial charge >= 0.3 is 0 Å². The summed E-state index contributed by atoms with van der Waals surface area (Å²) in [6.07, 6.45) is 1.40. The van der Waals surface area contributed by atoms with Gasteiger partial charge in [-0.05, 0) is 59.6 Å². The van der Waals surface area contributed by atoms with Crippen LogP contribution in [0.3, 0.4) is 0 Å². The maximum atomic E-state index is 10.5. The van der Waals surface area contributed by atoms with Crippen molar-refractivity contribution < 1.29 is 14.0 Å². The predicted octanol–water partition coefficient (Wildman–Crippen LogP) is 3.60. The highest BCUT2D eigenvalue weighted by Crippen LogP contribution is 2.05. The highest BCUT2D eigenvalue weighted by Gasteiger charge is 2.01. The van der Waals surface area contributed by atoms with E-state index < -0.39 is 10.5 Å². The standard InChI is InChI=1S/C8H4ClNO.C5H3ClO2/c9-8(11)7-3-1-6(5-10)2-4-7;6-5(7)4-2-1-3-8-4/h1-4H;1-3H. The maximum Gasteiger partial charge on any atom is 0.287 e. The topological polar surface area (TPSA) is 71.1 Å². The maximum absolute atomic E-state index is 10.5. The van der Waals surface area contributed by atoms with Crippen LogP contribution < -0.4 is 0 Å². The molecule has 0 bridgehead atoms. The van der Waals surface area contributed by atoms with E-state index in [-0.39, 0.29) is 5.76 Å². The largest absolute Gasteiger partial charge is 0.460 e. The molecule has 0 N–H and O–H groups in total. The fourth-order valence-electron chi connectivity index (χ4n) is 1.07. The Hall–Kier alpha value is -2.09. The molecule has 0 aliphatic carbocycles. The first-order chi connectivity index (χ1) is 9.04. The van der Waals surface area contributed by atoms with Gasteiger partial charge in [-0.25, -0.2) is 0 Å². The van der Waals surface area contributed by atoms with Crippen molar-refractivity contribution in [3.63, 3.8) is 0 Å². The van der Waals surface area contributed by atoms with Crippen LogP contribution in [0.1, 0.15) is 26.5 Å². The van der Waals surface area contributed by atoms with Crippen molar-refractivity contribution in [1.82, 2.24) is 0 Å². The van der Waals surface area contributed by atoms with Gasteiger partial charge in [0.05, 0.1) is 17.9 Å². The van der Waals surface area contributed by atoms with Crippen LogP contribution in [-0.2, 0) is 0 Å². The minimum Gasteiger partial charge on any atom is -0.460 e. The van der Waals surface area contributed by atoms with E-state index in [4.69, 9.17) is 28.5 Å². The summed E-state index contributed by atoms with van der Waals surface area (Å²) in [7, 11) is 0. The fraction of sp³-hybridized carbons (Fsp3) is 0. The Morgan fingerprint density at radius 3 is 2.00 bits per heavy atom. The summed E-state index contributed by atoms with van der Waals surface area (Å²) in [5, 5.41) is 7.33. The number of carbonyl (C=O) groups is 2. The predicted molar refractivity (Wildman–Crippen MR) is 70.2 cm³/mol. The molecule has 2 aromatic rings. The van der Waals surface area contributed by atoms with Crippen molar-refractivity contribution >= 4 is 33.7 Å². The van der Waals surface area contributed by atoms with Crippen molar-refractivity contribution in [2.45, 2.75) is 0 Å². The Kier molecular flexibility index (Phi) is 5.80. The lowest BCUT2D eigenvalue weighted by Crippen LogP contribution is -1.87. The van der Waals surface area contributed by atoms with E-state index >= 15 is 0 Å². The van der Waals surface area contributed by atoms with Gasteiger partial charge in [0.15, 0.2) is 5.76 Å². The molecule has 0 atom stereocenters. The summed E-state index contributed by atoms with van der Waals surface area (Å²) in [6.45, 7) is 0. The zero-order valence-corrected chi connectivity index (χ0v) is 11.0. The van der Waals surface area contributed by atoms with Crippen LogP contribution in [0.25, 0.3) is 0 Å². The zero-order chi connectivity index (χ0) is 14.3. The second kappa shape index (κ2) is 7.37. The van der Waals surface area contributed by atoms with Gasteiger partial charge in [0, 0.05) is 5.56 Å². The summed E-state index contributed by atoms with van der Waals surface area (Å²) in [4.78, 5) is 20.7. The first kappa shape index (κ1) is 15.0. The van der Waals surface area contributed by atoms with Gasteiger partial charge in [-0.2, -0.15) is 5.26 Å². The van der Waals surface area contributed by atoms with Crippen molar-refractivity contribution in [3.05, 3.63) is 59.5 Å². The third kappa shape index (κ3) is 4.96. The van der Waals surface area contributed by atoms with Gasteiger partial charge in [0.1, 0.15) is 0 Å². The normalized spacial score (nSPS) is 8.89. The van der Waals surface area contributed by atoms with Crippen LogP contribution in [0.15, 0.2) is 47.1 Å². The number of carbonyl (C=O) groups excluding carboxylic acids is 2. The zero-order valence-electron chi connectivity index (χ0n) is 9.47. The van der Waals surface area contributed by atoms with Gasteiger partial charge in [0.2, 0.25) is 0 Å². The van der Waals surface area contributed by atoms with Crippen LogP contribution >= 0.6 is 23.2 Å². The number of hydrogen-bond donors (Lipinski definition) is 0. The summed E-state index contributed by atoms with van der Waals surface area (Å²) < 4.78 is 4.61. The number of benzene rings is 1. The molecule has 0 saturated heterocycles. The third-order valence-electron chi connectivity index (χ3n) is 1.96. The molecule has 0 aliphatic heterocycles. The lowest BCUT2D eigenvalue weighted by atomic mass is 10.2. The molecular weight excluding hydrogens is 289 g/mol. The van der Waals surface area contributed by atoms with E-state index in [0.717, 1.165) is 0 Å². The van der Waals surface area contributed by atoms with Gasteiger partial charge in [-0.1, -0.05) is 0 Å². The molecule has 1 aromatic heterocycles. The van der Waals surface area contributed by atoms with Crippen LogP contribution in [0.2, 0.25) is 0 Å². The number of furan rings is 1. The Morgan fingerprint density at radius 2 is 1.68 bits per heavy atom. The Labute approximate surface area is 119 Å². The van der Waals surface area contributed by atoms with E-state index in [9.17, 15) is 9.59 Å². The van der Waals surface area contributed by atoms with Gasteiger partial charge in [-0.3, -0.25) is 9.59 Å². The van der Waals surface area contributed by atoms with Crippen LogP contribution in [-0.4, -0.2) is 10.5 Å². The Balaban J connectivity index is 0.000000200. The van der Waals surface area contributed by atoms with Crippen molar-refractivity contribution in [1.29, 1.82) is 5.26 Å². The monoisotopic (exact) mass is 295 g/mol. The number of nitriles is 1. The second-order valence-corrected chi connectivity index (χ2v) is 3.90. The highest BCUT2D eigenvalue weighted by atomic mass is 35.5. The van der Waals surface area contributed by atoms with Gasteiger partial charge < -0.3 is 4.42 Å². The molecule has 0 saturated carbocycles. The minimum atomic E-state index is -0.560. The van der Waals surface area contributed by atoms with Crippen molar-refractivity contribution in [3.8, 4) is 6.07 Å². The molecule has 0 radical (unpaired) electrons. The summed E-state index contributed by atoms with van der Waals surface area (Å²) in [6, 6.07) is 11.2. The lowest BCUT2D eigenvalue weighted by molar-refractivity contribution is 0.105. The number of hydrogen-bond acceptors (Lipinski definition) is 4. The Bertz CT molecular complexity index is 598. The molecular formula is C13H7Cl2NO3. The molecule has 0 aliphatic rings. The molecule has 0 amide bonds. The SMILES string of the molecule is N#Cc1ccc(C(=O)Cl)cc1.O=C(Cl)c1ccco1. The van der Waals surface area contributed by atoms with Crippen molar-refractivity contribution in [2.24, 2.45) is 0 Å². The third-order valence-corrected chi connectivity index (χ3v) is 2.36. The average Bonchev–Trinajstić information content (AvgIpc) is 2.93.